The number of aliphatic carboxylic acids is 1. The molecule has 8 nitrogen and oxygen atoms in total. The van der Waals surface area contributed by atoms with Crippen LogP contribution < -0.4 is 15.4 Å². The second kappa shape index (κ2) is 8.97. The molecule has 1 aliphatic rings. The third kappa shape index (κ3) is 4.07. The van der Waals surface area contributed by atoms with Gasteiger partial charge in [-0.25, -0.2) is 9.48 Å². The monoisotopic (exact) mass is 432 g/mol. The number of carbonyl (C=O) groups excluding carboxylic acids is 1. The molecule has 8 heteroatoms. The molecule has 0 saturated heterocycles. The summed E-state index contributed by atoms with van der Waals surface area (Å²) in [6, 6.07) is 14.4. The number of fused-ring (bicyclic) bond motifs is 1. The standard InChI is InChI=1S/C24H24N4O4/c1-3-15-9-11-16(12-10-15)26-23(29)18-14-25-28-20(13-19(24(30)31)27-22(18)28)17-7-5-6-8-21(17)32-4-2/h5-14,20,27H,3-4H2,1-2H3,(H,26,29)(H,30,31)/t20-/m1/s1. The Balaban J connectivity index is 1.71. The minimum Gasteiger partial charge on any atom is -0.494 e. The van der Waals surface area contributed by atoms with Crippen molar-refractivity contribution < 1.29 is 19.4 Å². The maximum absolute atomic E-state index is 13.0. The van der Waals surface area contributed by atoms with E-state index in [1.807, 2.05) is 55.5 Å². The summed E-state index contributed by atoms with van der Waals surface area (Å²) in [6.07, 6.45) is 3.91. The van der Waals surface area contributed by atoms with Crippen molar-refractivity contribution in [2.24, 2.45) is 0 Å². The molecule has 4 rings (SSSR count). The van der Waals surface area contributed by atoms with E-state index in [1.54, 1.807) is 10.8 Å². The molecule has 3 N–H and O–H groups in total. The van der Waals surface area contributed by atoms with Crippen LogP contribution in [-0.2, 0) is 11.2 Å². The number of anilines is 2. The average Bonchev–Trinajstić information content (AvgIpc) is 3.24. The summed E-state index contributed by atoms with van der Waals surface area (Å²) in [5.74, 6) is -0.570. The lowest BCUT2D eigenvalue weighted by atomic mass is 10.0. The minimum absolute atomic E-state index is 0.0318. The predicted molar refractivity (Wildman–Crippen MR) is 121 cm³/mol. The smallest absolute Gasteiger partial charge is 0.352 e. The lowest BCUT2D eigenvalue weighted by molar-refractivity contribution is -0.132. The normalized spacial score (nSPS) is 14.7. The Morgan fingerprint density at radius 3 is 2.59 bits per heavy atom. The van der Waals surface area contributed by atoms with Crippen LogP contribution in [0.25, 0.3) is 0 Å². The fourth-order valence-corrected chi connectivity index (χ4v) is 3.64. The topological polar surface area (TPSA) is 105 Å². The van der Waals surface area contributed by atoms with Gasteiger partial charge >= 0.3 is 5.97 Å². The number of carbonyl (C=O) groups is 2. The number of aromatic nitrogens is 2. The lowest BCUT2D eigenvalue weighted by Gasteiger charge is -2.25. The van der Waals surface area contributed by atoms with Crippen molar-refractivity contribution in [1.29, 1.82) is 0 Å². The number of rotatable bonds is 7. The van der Waals surface area contributed by atoms with Gasteiger partial charge in [0.1, 0.15) is 28.9 Å². The number of nitrogens with zero attached hydrogens (tertiary/aromatic N) is 2. The Kier molecular flexibility index (Phi) is 5.93. The Labute approximate surface area is 185 Å². The first kappa shape index (κ1) is 21.2. The number of hydrogen-bond acceptors (Lipinski definition) is 5. The van der Waals surface area contributed by atoms with Gasteiger partial charge in [-0.3, -0.25) is 4.79 Å². The van der Waals surface area contributed by atoms with Crippen molar-refractivity contribution in [3.05, 3.63) is 83.2 Å². The highest BCUT2D eigenvalue weighted by molar-refractivity contribution is 6.08. The van der Waals surface area contributed by atoms with Gasteiger partial charge in [-0.1, -0.05) is 37.3 Å². The molecule has 1 aromatic heterocycles. The molecular formula is C24H24N4O4. The number of nitrogens with one attached hydrogen (secondary N) is 2. The van der Waals surface area contributed by atoms with Crippen molar-refractivity contribution in [1.82, 2.24) is 9.78 Å². The molecule has 0 bridgehead atoms. The van der Waals surface area contributed by atoms with E-state index in [9.17, 15) is 14.7 Å². The molecule has 2 heterocycles. The van der Waals surface area contributed by atoms with E-state index >= 15 is 0 Å². The second-order valence-corrected chi connectivity index (χ2v) is 7.28. The summed E-state index contributed by atoms with van der Waals surface area (Å²) in [5.41, 5.74) is 2.78. The number of hydrogen-bond donors (Lipinski definition) is 3. The van der Waals surface area contributed by atoms with Crippen LogP contribution in [0.5, 0.6) is 5.75 Å². The Morgan fingerprint density at radius 1 is 1.16 bits per heavy atom. The van der Waals surface area contributed by atoms with E-state index in [0.29, 0.717) is 23.9 Å². The van der Waals surface area contributed by atoms with Gasteiger partial charge in [0, 0.05) is 11.3 Å². The van der Waals surface area contributed by atoms with E-state index in [2.05, 4.69) is 22.7 Å². The second-order valence-electron chi connectivity index (χ2n) is 7.28. The van der Waals surface area contributed by atoms with Crippen LogP contribution in [0.3, 0.4) is 0 Å². The van der Waals surface area contributed by atoms with Crippen molar-refractivity contribution in [2.75, 3.05) is 17.2 Å². The Morgan fingerprint density at radius 2 is 1.91 bits per heavy atom. The van der Waals surface area contributed by atoms with Crippen LogP contribution in [0.2, 0.25) is 0 Å². The number of carboxylic acid groups (broad SMARTS) is 1. The van der Waals surface area contributed by atoms with Crippen molar-refractivity contribution in [3.63, 3.8) is 0 Å². The summed E-state index contributed by atoms with van der Waals surface area (Å²) >= 11 is 0. The molecule has 3 aromatic rings. The maximum atomic E-state index is 13.0. The number of para-hydroxylation sites is 1. The van der Waals surface area contributed by atoms with Gasteiger partial charge < -0.3 is 20.5 Å². The van der Waals surface area contributed by atoms with Crippen molar-refractivity contribution in [2.45, 2.75) is 26.3 Å². The summed E-state index contributed by atoms with van der Waals surface area (Å²) in [6.45, 7) is 4.41. The van der Waals surface area contributed by atoms with Gasteiger partial charge in [0.25, 0.3) is 5.91 Å². The first-order chi connectivity index (χ1) is 15.5. The van der Waals surface area contributed by atoms with Crippen LogP contribution in [0.4, 0.5) is 11.5 Å². The molecule has 1 amide bonds. The summed E-state index contributed by atoms with van der Waals surface area (Å²) in [7, 11) is 0. The fourth-order valence-electron chi connectivity index (χ4n) is 3.64. The molecule has 1 aliphatic heterocycles. The van der Waals surface area contributed by atoms with Gasteiger partial charge in [-0.2, -0.15) is 5.10 Å². The summed E-state index contributed by atoms with van der Waals surface area (Å²) in [5, 5.41) is 19.8. The number of allylic oxidation sites excluding steroid dienone is 1. The zero-order valence-corrected chi connectivity index (χ0v) is 17.8. The van der Waals surface area contributed by atoms with Gasteiger partial charge in [0.05, 0.1) is 12.8 Å². The summed E-state index contributed by atoms with van der Waals surface area (Å²) < 4.78 is 7.33. The minimum atomic E-state index is -1.13. The third-order valence-electron chi connectivity index (χ3n) is 5.27. The zero-order valence-electron chi connectivity index (χ0n) is 17.8. The lowest BCUT2D eigenvalue weighted by Crippen LogP contribution is -2.26. The highest BCUT2D eigenvalue weighted by atomic mass is 16.5. The molecule has 0 aliphatic carbocycles. The molecule has 164 valence electrons. The van der Waals surface area contributed by atoms with Gasteiger partial charge in [0.2, 0.25) is 0 Å². The number of carboxylic acids is 1. The average molecular weight is 432 g/mol. The molecule has 0 radical (unpaired) electrons. The van der Waals surface area contributed by atoms with E-state index < -0.39 is 12.0 Å². The fraction of sp³-hybridized carbons (Fsp3) is 0.208. The first-order valence-corrected chi connectivity index (χ1v) is 10.4. The number of ether oxygens (including phenoxy) is 1. The van der Waals surface area contributed by atoms with E-state index in [0.717, 1.165) is 12.0 Å². The quantitative estimate of drug-likeness (QED) is 0.520. The van der Waals surface area contributed by atoms with Crippen molar-refractivity contribution in [3.8, 4) is 5.75 Å². The maximum Gasteiger partial charge on any atom is 0.352 e. The number of amides is 1. The van der Waals surface area contributed by atoms with Crippen molar-refractivity contribution >= 4 is 23.4 Å². The molecule has 0 saturated carbocycles. The Bertz CT molecular complexity index is 1180. The van der Waals surface area contributed by atoms with E-state index in [4.69, 9.17) is 4.74 Å². The molecule has 1 atom stereocenters. The highest BCUT2D eigenvalue weighted by Gasteiger charge is 2.30. The molecule has 0 unspecified atom stereocenters. The Hall–Kier alpha value is -4.07. The number of aryl methyl sites for hydroxylation is 1. The first-order valence-electron chi connectivity index (χ1n) is 10.4. The van der Waals surface area contributed by atoms with Crippen LogP contribution >= 0.6 is 0 Å². The van der Waals surface area contributed by atoms with E-state index in [-0.39, 0.29) is 17.2 Å². The number of benzene rings is 2. The van der Waals surface area contributed by atoms with Gasteiger partial charge in [-0.05, 0) is 43.2 Å². The molecular weight excluding hydrogens is 408 g/mol. The van der Waals surface area contributed by atoms with Gasteiger partial charge in [-0.15, -0.1) is 0 Å². The third-order valence-corrected chi connectivity index (χ3v) is 5.27. The molecule has 2 aromatic carbocycles. The molecule has 0 spiro atoms. The van der Waals surface area contributed by atoms with Gasteiger partial charge in [0.15, 0.2) is 0 Å². The highest BCUT2D eigenvalue weighted by Crippen LogP contribution is 2.36. The molecule has 32 heavy (non-hydrogen) atoms. The predicted octanol–water partition coefficient (Wildman–Crippen LogP) is 4.08. The van der Waals surface area contributed by atoms with Crippen LogP contribution in [-0.4, -0.2) is 33.4 Å². The summed E-state index contributed by atoms with van der Waals surface area (Å²) in [4.78, 5) is 24.8. The van der Waals surface area contributed by atoms with E-state index in [1.165, 1.54) is 11.8 Å². The largest absolute Gasteiger partial charge is 0.494 e. The molecule has 0 fully saturated rings. The van der Waals surface area contributed by atoms with Crippen LogP contribution in [0, 0.1) is 0 Å². The zero-order chi connectivity index (χ0) is 22.7. The van der Waals surface area contributed by atoms with Crippen LogP contribution in [0.1, 0.15) is 41.4 Å². The SMILES string of the molecule is CCOc1ccccc1[C@H]1C=C(C(=O)O)Nc2c(C(=O)Nc3ccc(CC)cc3)cnn21. The van der Waals surface area contributed by atoms with Crippen LogP contribution in [0.15, 0.2) is 66.5 Å².